The summed E-state index contributed by atoms with van der Waals surface area (Å²) in [6.07, 6.45) is 0.0946. The molecule has 0 fully saturated rings. The van der Waals surface area contributed by atoms with Crippen LogP contribution in [0.1, 0.15) is 32.3 Å². The van der Waals surface area contributed by atoms with E-state index in [0.717, 1.165) is 0 Å². The van der Waals surface area contributed by atoms with Crippen molar-refractivity contribution in [3.05, 3.63) is 17.2 Å². The molecule has 200 valence electrons. The van der Waals surface area contributed by atoms with Crippen LogP contribution in [0.2, 0.25) is 0 Å². The summed E-state index contributed by atoms with van der Waals surface area (Å²) >= 11 is 11.8. The number of alkyl halides is 2. The summed E-state index contributed by atoms with van der Waals surface area (Å²) in [4.78, 5) is 0. The first-order valence-corrected chi connectivity index (χ1v) is 15.9. The topological polar surface area (TPSA) is 100 Å². The second kappa shape index (κ2) is 13.7. The number of benzene rings is 1. The lowest BCUT2D eigenvalue weighted by molar-refractivity contribution is 0.219. The van der Waals surface area contributed by atoms with Gasteiger partial charge >= 0.3 is 7.60 Å². The van der Waals surface area contributed by atoms with Gasteiger partial charge in [-0.15, -0.1) is 34.5 Å². The fourth-order valence-electron chi connectivity index (χ4n) is 3.05. The second-order valence-electron chi connectivity index (χ2n) is 7.04. The van der Waals surface area contributed by atoms with Crippen LogP contribution in [0.15, 0.2) is 4.21 Å². The van der Waals surface area contributed by atoms with E-state index in [1.54, 1.807) is 13.8 Å². The van der Waals surface area contributed by atoms with Crippen molar-refractivity contribution in [2.24, 2.45) is 0 Å². The average Bonchev–Trinajstić information content (AvgIpc) is 3.16. The molecule has 0 bridgehead atoms. The maximum atomic E-state index is 15.6. The van der Waals surface area contributed by atoms with Crippen LogP contribution in [-0.2, 0) is 23.6 Å². The van der Waals surface area contributed by atoms with Gasteiger partial charge in [-0.05, 0) is 39.2 Å². The Bertz CT molecular complexity index is 1150. The van der Waals surface area contributed by atoms with Crippen molar-refractivity contribution in [2.45, 2.75) is 37.8 Å². The molecule has 0 aliphatic heterocycles. The Labute approximate surface area is 217 Å². The Hall–Kier alpha value is -0.720. The number of aryl methyl sites for hydroxylation is 1. The smallest absolute Gasteiger partial charge is 0.345 e. The van der Waals surface area contributed by atoms with Crippen LogP contribution in [-0.4, -0.2) is 52.9 Å². The molecule has 35 heavy (non-hydrogen) atoms. The lowest BCUT2D eigenvalue weighted by Gasteiger charge is -2.17. The zero-order valence-corrected chi connectivity index (χ0v) is 23.5. The average molecular weight is 598 g/mol. The van der Waals surface area contributed by atoms with E-state index < -0.39 is 47.0 Å². The number of nitrogens with one attached hydrogen (secondary N) is 1. The number of halogens is 4. The molecule has 0 atom stereocenters. The number of rotatable bonds is 16. The third-order valence-corrected chi connectivity index (χ3v) is 10.4. The van der Waals surface area contributed by atoms with Gasteiger partial charge in [0.2, 0.25) is 11.5 Å². The van der Waals surface area contributed by atoms with Crippen LogP contribution in [0.3, 0.4) is 0 Å². The van der Waals surface area contributed by atoms with Gasteiger partial charge in [0, 0.05) is 17.1 Å². The summed E-state index contributed by atoms with van der Waals surface area (Å²) in [6.45, 7) is 4.59. The Morgan fingerprint density at radius 3 is 1.97 bits per heavy atom. The second-order valence-corrected chi connectivity index (χ2v) is 12.8. The fraction of sp³-hybridized carbons (Fsp3) is 0.600. The molecule has 0 saturated heterocycles. The van der Waals surface area contributed by atoms with Gasteiger partial charge in [-0.1, -0.05) is 0 Å². The van der Waals surface area contributed by atoms with Gasteiger partial charge in [0.05, 0.1) is 31.1 Å². The van der Waals surface area contributed by atoms with Gasteiger partial charge in [0.25, 0.3) is 10.0 Å². The summed E-state index contributed by atoms with van der Waals surface area (Å²) in [5.74, 6) is -2.36. The molecule has 1 aromatic heterocycles. The molecule has 1 heterocycles. The first-order valence-electron chi connectivity index (χ1n) is 10.8. The van der Waals surface area contributed by atoms with Gasteiger partial charge < -0.3 is 18.5 Å². The van der Waals surface area contributed by atoms with Gasteiger partial charge in [0.1, 0.15) is 10.5 Å². The SMILES string of the molecule is CCOP(=O)(CNS(=O)(=O)c1sc2c(F)c(OCCCCl)c(OCCCCl)c(F)c2c1C)OCC. The summed E-state index contributed by atoms with van der Waals surface area (Å²) in [5, 5.41) is -0.253. The molecule has 8 nitrogen and oxygen atoms in total. The number of ether oxygens (including phenoxy) is 2. The van der Waals surface area contributed by atoms with Gasteiger partial charge in [0.15, 0.2) is 11.6 Å². The highest BCUT2D eigenvalue weighted by Gasteiger charge is 2.33. The minimum absolute atomic E-state index is 0.00154. The third kappa shape index (κ3) is 7.41. The summed E-state index contributed by atoms with van der Waals surface area (Å²) < 4.78 is 92.3. The minimum atomic E-state index is -4.34. The normalized spacial score (nSPS) is 12.4. The lowest BCUT2D eigenvalue weighted by Crippen LogP contribution is -2.25. The monoisotopic (exact) mass is 597 g/mol. The van der Waals surface area contributed by atoms with Crippen LogP contribution >= 0.6 is 42.1 Å². The Morgan fingerprint density at radius 1 is 0.971 bits per heavy atom. The summed E-state index contributed by atoms with van der Waals surface area (Å²) in [7, 11) is -8.08. The number of sulfonamides is 1. The molecule has 2 aromatic rings. The maximum Gasteiger partial charge on any atom is 0.345 e. The molecule has 1 N–H and O–H groups in total. The Kier molecular flexibility index (Phi) is 12.0. The number of hydrogen-bond donors (Lipinski definition) is 1. The van der Waals surface area contributed by atoms with Crippen LogP contribution in [0, 0.1) is 18.6 Å². The molecule has 0 unspecified atom stereocenters. The van der Waals surface area contributed by atoms with Crippen LogP contribution in [0.5, 0.6) is 11.5 Å². The molecule has 1 aromatic carbocycles. The molecule has 0 aliphatic rings. The molecular formula is C20H28Cl2F2NO7PS2. The number of fused-ring (bicyclic) bond motifs is 1. The third-order valence-electron chi connectivity index (χ3n) is 4.52. The van der Waals surface area contributed by atoms with Crippen molar-refractivity contribution in [2.75, 3.05) is 44.5 Å². The highest BCUT2D eigenvalue weighted by molar-refractivity contribution is 7.92. The number of hydrogen-bond acceptors (Lipinski definition) is 8. The van der Waals surface area contributed by atoms with Gasteiger partial charge in [-0.25, -0.2) is 17.2 Å². The van der Waals surface area contributed by atoms with E-state index in [2.05, 4.69) is 4.72 Å². The fourth-order valence-corrected chi connectivity index (χ4v) is 8.09. The largest absolute Gasteiger partial charge is 0.487 e. The Balaban J connectivity index is 2.56. The molecule has 0 spiro atoms. The maximum absolute atomic E-state index is 15.6. The highest BCUT2D eigenvalue weighted by Crippen LogP contribution is 2.48. The molecule has 0 saturated carbocycles. The molecule has 15 heteroatoms. The summed E-state index contributed by atoms with van der Waals surface area (Å²) in [5.41, 5.74) is -0.0361. The molecule has 0 radical (unpaired) electrons. The zero-order valence-electron chi connectivity index (χ0n) is 19.5. The predicted molar refractivity (Wildman–Crippen MR) is 134 cm³/mol. The van der Waals surface area contributed by atoms with E-state index in [0.29, 0.717) is 24.2 Å². The van der Waals surface area contributed by atoms with E-state index in [1.807, 2.05) is 0 Å². The first kappa shape index (κ1) is 30.5. The summed E-state index contributed by atoms with van der Waals surface area (Å²) in [6, 6.07) is 0. The van der Waals surface area contributed by atoms with Crippen molar-refractivity contribution >= 4 is 62.2 Å². The van der Waals surface area contributed by atoms with Crippen LogP contribution < -0.4 is 14.2 Å². The first-order chi connectivity index (χ1) is 16.6. The van der Waals surface area contributed by atoms with E-state index in [9.17, 15) is 13.0 Å². The Morgan fingerprint density at radius 2 is 1.49 bits per heavy atom. The quantitative estimate of drug-likeness (QED) is 0.144. The van der Waals surface area contributed by atoms with Crippen molar-refractivity contribution in [1.29, 1.82) is 0 Å². The predicted octanol–water partition coefficient (Wildman–Crippen LogP) is 6.01. The van der Waals surface area contributed by atoms with E-state index >= 15 is 8.78 Å². The lowest BCUT2D eigenvalue weighted by atomic mass is 10.1. The van der Waals surface area contributed by atoms with Crippen LogP contribution in [0.4, 0.5) is 8.78 Å². The van der Waals surface area contributed by atoms with E-state index in [1.165, 1.54) is 6.92 Å². The van der Waals surface area contributed by atoms with Crippen LogP contribution in [0.25, 0.3) is 10.1 Å². The zero-order chi connectivity index (χ0) is 26.2. The van der Waals surface area contributed by atoms with Crippen molar-refractivity contribution in [1.82, 2.24) is 4.72 Å². The standard InChI is InChI=1S/C20H28Cl2F2NO7PS2/c1-4-31-33(26,32-5-2)12-25-35(27,28)20-13(3)14-15(23)17(29-10-6-8-21)18(30-11-7-9-22)16(24)19(14)34-20/h25H,4-12H2,1-3H3. The van der Waals surface area contributed by atoms with Crippen molar-refractivity contribution in [3.63, 3.8) is 0 Å². The van der Waals surface area contributed by atoms with Gasteiger partial charge in [-0.2, -0.15) is 4.72 Å². The van der Waals surface area contributed by atoms with Gasteiger partial charge in [-0.3, -0.25) is 4.57 Å². The molecular weight excluding hydrogens is 570 g/mol. The molecule has 0 aliphatic carbocycles. The molecule has 0 amide bonds. The minimum Gasteiger partial charge on any atom is -0.487 e. The van der Waals surface area contributed by atoms with E-state index in [-0.39, 0.29) is 58.0 Å². The number of thiophene rings is 1. The highest BCUT2D eigenvalue weighted by atomic mass is 35.5. The van der Waals surface area contributed by atoms with Crippen molar-refractivity contribution < 1.29 is 40.3 Å². The molecule has 2 rings (SSSR count). The van der Waals surface area contributed by atoms with E-state index in [4.69, 9.17) is 41.7 Å². The van der Waals surface area contributed by atoms with Crippen molar-refractivity contribution in [3.8, 4) is 11.5 Å².